The van der Waals surface area contributed by atoms with E-state index in [4.69, 9.17) is 10.8 Å². The van der Waals surface area contributed by atoms with Gasteiger partial charge in [-0.15, -0.1) is 0 Å². The average molecular weight is 265 g/mol. The van der Waals surface area contributed by atoms with Gasteiger partial charge >= 0.3 is 12.0 Å². The molecular formula is C13H19N3O3. The minimum Gasteiger partial charge on any atom is -0.480 e. The van der Waals surface area contributed by atoms with Gasteiger partial charge in [-0.2, -0.15) is 0 Å². The highest BCUT2D eigenvalue weighted by atomic mass is 16.4. The minimum absolute atomic E-state index is 0.170. The van der Waals surface area contributed by atoms with Crippen molar-refractivity contribution in [3.63, 3.8) is 0 Å². The van der Waals surface area contributed by atoms with E-state index in [1.165, 1.54) is 0 Å². The molecule has 1 rings (SSSR count). The first-order valence-electron chi connectivity index (χ1n) is 6.05. The number of hydrogen-bond donors (Lipinski definition) is 4. The molecular weight excluding hydrogens is 246 g/mol. The highest BCUT2D eigenvalue weighted by Gasteiger charge is 2.21. The standard InChI is InChI=1S/C13H19N3O3/c1-8(2)7-11(12(17)18)16-13(19)15-10-6-4-3-5-9(10)14/h3-6,8,11H,7,14H2,1-2H3,(H,17,18)(H2,15,16,19)/t11-/m1/s1. The first-order chi connectivity index (χ1) is 8.90. The Hall–Kier alpha value is -2.24. The number of carbonyl (C=O) groups is 2. The maximum atomic E-state index is 11.7. The van der Waals surface area contributed by atoms with Gasteiger partial charge in [0.05, 0.1) is 11.4 Å². The molecule has 6 nitrogen and oxygen atoms in total. The molecule has 1 aromatic rings. The molecule has 0 saturated heterocycles. The van der Waals surface area contributed by atoms with Gasteiger partial charge in [0, 0.05) is 0 Å². The molecule has 0 saturated carbocycles. The van der Waals surface area contributed by atoms with Crippen LogP contribution in [0.1, 0.15) is 20.3 Å². The van der Waals surface area contributed by atoms with Crippen molar-refractivity contribution in [3.05, 3.63) is 24.3 Å². The molecule has 0 unspecified atom stereocenters. The number of urea groups is 1. The van der Waals surface area contributed by atoms with Crippen molar-refractivity contribution >= 4 is 23.4 Å². The lowest BCUT2D eigenvalue weighted by atomic mass is 10.0. The van der Waals surface area contributed by atoms with Crippen molar-refractivity contribution < 1.29 is 14.7 Å². The number of carboxylic acid groups (broad SMARTS) is 1. The van der Waals surface area contributed by atoms with Gasteiger partial charge in [0.15, 0.2) is 0 Å². The Balaban J connectivity index is 2.63. The molecule has 5 N–H and O–H groups in total. The van der Waals surface area contributed by atoms with Crippen molar-refractivity contribution in [3.8, 4) is 0 Å². The predicted octanol–water partition coefficient (Wildman–Crippen LogP) is 1.89. The summed E-state index contributed by atoms with van der Waals surface area (Å²) < 4.78 is 0. The largest absolute Gasteiger partial charge is 0.480 e. The Kier molecular flexibility index (Phi) is 5.17. The van der Waals surface area contributed by atoms with Gasteiger partial charge in [-0.1, -0.05) is 26.0 Å². The van der Waals surface area contributed by atoms with Crippen LogP contribution >= 0.6 is 0 Å². The minimum atomic E-state index is -1.05. The number of carbonyl (C=O) groups excluding carboxylic acids is 1. The van der Waals surface area contributed by atoms with E-state index in [0.29, 0.717) is 17.8 Å². The fourth-order valence-corrected chi connectivity index (χ4v) is 1.62. The Morgan fingerprint density at radius 3 is 2.47 bits per heavy atom. The molecule has 0 aromatic heterocycles. The molecule has 0 radical (unpaired) electrons. The number of anilines is 2. The van der Waals surface area contributed by atoms with Crippen LogP contribution in [0.2, 0.25) is 0 Å². The highest BCUT2D eigenvalue weighted by molar-refractivity contribution is 5.94. The van der Waals surface area contributed by atoms with E-state index in [0.717, 1.165) is 0 Å². The molecule has 0 bridgehead atoms. The number of carboxylic acids is 1. The quantitative estimate of drug-likeness (QED) is 0.610. The van der Waals surface area contributed by atoms with Crippen LogP contribution in [-0.4, -0.2) is 23.1 Å². The van der Waals surface area contributed by atoms with E-state index in [1.807, 2.05) is 13.8 Å². The third kappa shape index (κ3) is 4.87. The van der Waals surface area contributed by atoms with E-state index in [9.17, 15) is 9.59 Å². The van der Waals surface area contributed by atoms with Gasteiger partial charge in [-0.25, -0.2) is 9.59 Å². The zero-order valence-corrected chi connectivity index (χ0v) is 11.0. The van der Waals surface area contributed by atoms with E-state index >= 15 is 0 Å². The summed E-state index contributed by atoms with van der Waals surface area (Å²) in [5.74, 6) is -0.881. The maximum Gasteiger partial charge on any atom is 0.326 e. The van der Waals surface area contributed by atoms with Gasteiger partial charge in [0.2, 0.25) is 0 Å². The second kappa shape index (κ2) is 6.63. The third-order valence-electron chi connectivity index (χ3n) is 2.52. The fourth-order valence-electron chi connectivity index (χ4n) is 1.62. The lowest BCUT2D eigenvalue weighted by molar-refractivity contribution is -0.139. The molecule has 1 atom stereocenters. The molecule has 1 aromatic carbocycles. The topological polar surface area (TPSA) is 104 Å². The number of nitrogens with two attached hydrogens (primary N) is 1. The second-order valence-electron chi connectivity index (χ2n) is 4.71. The molecule has 6 heteroatoms. The van der Waals surface area contributed by atoms with Gasteiger partial charge in [0.1, 0.15) is 6.04 Å². The number of nitrogens with one attached hydrogen (secondary N) is 2. The second-order valence-corrected chi connectivity index (χ2v) is 4.71. The van der Waals surface area contributed by atoms with Crippen LogP contribution in [0.15, 0.2) is 24.3 Å². The molecule has 0 spiro atoms. The third-order valence-corrected chi connectivity index (χ3v) is 2.52. The van der Waals surface area contributed by atoms with Crippen molar-refractivity contribution in [2.75, 3.05) is 11.1 Å². The van der Waals surface area contributed by atoms with Crippen LogP contribution in [0.4, 0.5) is 16.2 Å². The fraction of sp³-hybridized carbons (Fsp3) is 0.385. The van der Waals surface area contributed by atoms with Crippen LogP contribution < -0.4 is 16.4 Å². The number of benzene rings is 1. The Labute approximate surface area is 112 Å². The highest BCUT2D eigenvalue weighted by Crippen LogP contribution is 2.16. The molecule has 0 heterocycles. The normalized spacial score (nSPS) is 11.9. The maximum absolute atomic E-state index is 11.7. The number of aliphatic carboxylic acids is 1. The smallest absolute Gasteiger partial charge is 0.326 e. The van der Waals surface area contributed by atoms with E-state index in [-0.39, 0.29) is 5.92 Å². The van der Waals surface area contributed by atoms with Crippen LogP contribution in [0.25, 0.3) is 0 Å². The zero-order chi connectivity index (χ0) is 14.4. The Morgan fingerprint density at radius 1 is 1.32 bits per heavy atom. The average Bonchev–Trinajstić information content (AvgIpc) is 2.30. The summed E-state index contributed by atoms with van der Waals surface area (Å²) in [6.45, 7) is 3.79. The SMILES string of the molecule is CC(C)C[C@@H](NC(=O)Nc1ccccc1N)C(=O)O. The van der Waals surface area contributed by atoms with Gasteiger partial charge in [-0.05, 0) is 24.5 Å². The molecule has 0 aliphatic carbocycles. The molecule has 0 aliphatic rings. The van der Waals surface area contributed by atoms with Gasteiger partial charge < -0.3 is 21.5 Å². The van der Waals surface area contributed by atoms with Crippen molar-refractivity contribution in [2.24, 2.45) is 5.92 Å². The summed E-state index contributed by atoms with van der Waals surface area (Å²) in [6.07, 6.45) is 0.368. The first kappa shape index (κ1) is 14.8. The molecule has 0 fully saturated rings. The van der Waals surface area contributed by atoms with E-state index in [2.05, 4.69) is 10.6 Å². The molecule has 19 heavy (non-hydrogen) atoms. The van der Waals surface area contributed by atoms with E-state index in [1.54, 1.807) is 24.3 Å². The number of nitrogen functional groups attached to an aromatic ring is 1. The Morgan fingerprint density at radius 2 is 1.95 bits per heavy atom. The van der Waals surface area contributed by atoms with Crippen molar-refractivity contribution in [2.45, 2.75) is 26.3 Å². The number of rotatable bonds is 5. The molecule has 0 aliphatic heterocycles. The zero-order valence-electron chi connectivity index (χ0n) is 11.0. The lowest BCUT2D eigenvalue weighted by Crippen LogP contribution is -2.43. The van der Waals surface area contributed by atoms with Crippen LogP contribution in [0.5, 0.6) is 0 Å². The molecule has 104 valence electrons. The first-order valence-corrected chi connectivity index (χ1v) is 6.05. The lowest BCUT2D eigenvalue weighted by Gasteiger charge is -2.17. The summed E-state index contributed by atoms with van der Waals surface area (Å²) in [4.78, 5) is 22.7. The van der Waals surface area contributed by atoms with Gasteiger partial charge in [0.25, 0.3) is 0 Å². The summed E-state index contributed by atoms with van der Waals surface area (Å²) in [7, 11) is 0. The van der Waals surface area contributed by atoms with E-state index < -0.39 is 18.0 Å². The van der Waals surface area contributed by atoms with Crippen LogP contribution in [0.3, 0.4) is 0 Å². The summed E-state index contributed by atoms with van der Waals surface area (Å²) in [5, 5.41) is 14.0. The predicted molar refractivity (Wildman–Crippen MR) is 73.9 cm³/mol. The van der Waals surface area contributed by atoms with Crippen LogP contribution in [-0.2, 0) is 4.79 Å². The van der Waals surface area contributed by atoms with Crippen molar-refractivity contribution in [1.29, 1.82) is 0 Å². The Bertz CT molecular complexity index is 460. The number of hydrogen-bond acceptors (Lipinski definition) is 3. The monoisotopic (exact) mass is 265 g/mol. The van der Waals surface area contributed by atoms with Crippen molar-refractivity contribution in [1.82, 2.24) is 5.32 Å². The summed E-state index contributed by atoms with van der Waals surface area (Å²) in [5.41, 5.74) is 6.56. The number of amides is 2. The van der Waals surface area contributed by atoms with Crippen LogP contribution in [0, 0.1) is 5.92 Å². The number of para-hydroxylation sites is 2. The summed E-state index contributed by atoms with van der Waals surface area (Å²) in [6, 6.07) is 5.29. The van der Waals surface area contributed by atoms with Gasteiger partial charge in [-0.3, -0.25) is 0 Å². The summed E-state index contributed by atoms with van der Waals surface area (Å²) >= 11 is 0. The molecule has 2 amide bonds.